The topological polar surface area (TPSA) is 127 Å². The molecule has 0 saturated carbocycles. The summed E-state index contributed by atoms with van der Waals surface area (Å²) in [6, 6.07) is 4.91. The summed E-state index contributed by atoms with van der Waals surface area (Å²) < 4.78 is 13.5. The Balaban J connectivity index is 0.000000505. The fourth-order valence-corrected chi connectivity index (χ4v) is 6.87. The van der Waals surface area contributed by atoms with E-state index < -0.39 is 11.9 Å². The number of aromatic nitrogens is 2. The predicted molar refractivity (Wildman–Crippen MR) is 142 cm³/mol. The van der Waals surface area contributed by atoms with E-state index in [1.807, 2.05) is 22.3 Å². The van der Waals surface area contributed by atoms with Crippen LogP contribution in [0.1, 0.15) is 59.2 Å². The van der Waals surface area contributed by atoms with Gasteiger partial charge in [-0.1, -0.05) is 6.92 Å². The maximum Gasteiger partial charge on any atom is 0.414 e. The molecule has 4 heterocycles. The van der Waals surface area contributed by atoms with Gasteiger partial charge >= 0.3 is 11.9 Å². The lowest BCUT2D eigenvalue weighted by molar-refractivity contribution is -0.159. The van der Waals surface area contributed by atoms with Crippen molar-refractivity contribution in [1.82, 2.24) is 20.0 Å². The first-order valence-electron chi connectivity index (χ1n) is 12.9. The highest BCUT2D eigenvalue weighted by Crippen LogP contribution is 2.35. The van der Waals surface area contributed by atoms with Gasteiger partial charge < -0.3 is 20.0 Å². The van der Waals surface area contributed by atoms with Crippen molar-refractivity contribution in [2.45, 2.75) is 58.4 Å². The van der Waals surface area contributed by atoms with Crippen molar-refractivity contribution >= 4 is 40.1 Å². The zero-order valence-electron chi connectivity index (χ0n) is 21.6. The number of hydrogen-bond donors (Lipinski definition) is 3. The van der Waals surface area contributed by atoms with Gasteiger partial charge in [0.05, 0.1) is 17.8 Å². The van der Waals surface area contributed by atoms with E-state index in [0.717, 1.165) is 81.4 Å². The third-order valence-corrected chi connectivity index (χ3v) is 8.73. The Kier molecular flexibility index (Phi) is 8.78. The summed E-state index contributed by atoms with van der Waals surface area (Å²) in [5, 5.41) is 23.4. The molecule has 5 rings (SSSR count). The number of carbonyl (C=O) groups excluding carboxylic acids is 1. The Hall–Kier alpha value is -3.31. The highest BCUT2D eigenvalue weighted by molar-refractivity contribution is 7.12. The number of fused-ring (bicyclic) bond motifs is 2. The van der Waals surface area contributed by atoms with Crippen LogP contribution >= 0.6 is 11.3 Å². The van der Waals surface area contributed by atoms with Crippen LogP contribution in [0.3, 0.4) is 0 Å². The molecular weight excluding hydrogens is 511 g/mol. The molecule has 1 fully saturated rings. The number of piperidine rings is 1. The van der Waals surface area contributed by atoms with E-state index in [1.54, 1.807) is 12.5 Å². The van der Waals surface area contributed by atoms with Crippen LogP contribution in [-0.2, 0) is 40.2 Å². The van der Waals surface area contributed by atoms with Crippen molar-refractivity contribution in [3.05, 3.63) is 50.6 Å². The minimum Gasteiger partial charge on any atom is -0.473 e. The standard InChI is InChI=1S/C25H31FN4OS.C2H2O4/c1-3-19-20-8-13-30(16(2)31)15-24(20)32-23(19)9-12-29-10-6-17(7-11-29)25-21-5-4-18(26)14-22(21)27-28-25;3-1(4)2(5)6/h4-5,14,17H,3,6-13,15H2,1-2H3,(H,27,28);(H,3,4)(H,5,6). The van der Waals surface area contributed by atoms with Crippen molar-refractivity contribution in [3.63, 3.8) is 0 Å². The number of hydrogen-bond acceptors (Lipinski definition) is 6. The van der Waals surface area contributed by atoms with Crippen LogP contribution in [0.15, 0.2) is 18.2 Å². The molecule has 0 bridgehead atoms. The Morgan fingerprint density at radius 1 is 1.16 bits per heavy atom. The number of nitrogens with zero attached hydrogens (tertiary/aromatic N) is 3. The van der Waals surface area contributed by atoms with Crippen molar-refractivity contribution < 1.29 is 29.0 Å². The van der Waals surface area contributed by atoms with Crippen molar-refractivity contribution in [1.29, 1.82) is 0 Å². The maximum absolute atomic E-state index is 13.5. The zero-order valence-corrected chi connectivity index (χ0v) is 22.4. The number of benzene rings is 1. The molecule has 9 nitrogen and oxygen atoms in total. The average Bonchev–Trinajstić information content (AvgIpc) is 3.47. The number of aliphatic carboxylic acids is 2. The fourth-order valence-electron chi connectivity index (χ4n) is 5.42. The SMILES string of the molecule is CCc1c(CCN2CCC(c3n[nH]c4cc(F)ccc34)CC2)sc2c1CCN(C(C)=O)C2.O=C(O)C(=O)O. The Labute approximate surface area is 224 Å². The van der Waals surface area contributed by atoms with E-state index in [0.29, 0.717) is 5.92 Å². The zero-order chi connectivity index (χ0) is 27.4. The Bertz CT molecular complexity index is 1320. The molecule has 204 valence electrons. The summed E-state index contributed by atoms with van der Waals surface area (Å²) >= 11 is 1.93. The number of carbonyl (C=O) groups is 3. The first kappa shape index (κ1) is 27.7. The third kappa shape index (κ3) is 6.21. The van der Waals surface area contributed by atoms with E-state index in [4.69, 9.17) is 19.8 Å². The van der Waals surface area contributed by atoms with Gasteiger partial charge in [0.2, 0.25) is 5.91 Å². The molecule has 0 aliphatic carbocycles. The molecule has 1 saturated heterocycles. The van der Waals surface area contributed by atoms with Crippen LogP contribution in [0.2, 0.25) is 0 Å². The first-order valence-corrected chi connectivity index (χ1v) is 13.7. The van der Waals surface area contributed by atoms with E-state index in [-0.39, 0.29) is 11.7 Å². The molecule has 0 atom stereocenters. The summed E-state index contributed by atoms with van der Waals surface area (Å²) in [5.74, 6) is -3.26. The van der Waals surface area contributed by atoms with E-state index >= 15 is 0 Å². The number of carboxylic acids is 2. The van der Waals surface area contributed by atoms with Gasteiger partial charge in [-0.05, 0) is 74.5 Å². The van der Waals surface area contributed by atoms with Gasteiger partial charge in [0.15, 0.2) is 0 Å². The molecule has 2 aliphatic heterocycles. The molecule has 3 N–H and O–H groups in total. The number of halogens is 1. The van der Waals surface area contributed by atoms with Crippen molar-refractivity contribution in [3.8, 4) is 0 Å². The molecule has 11 heteroatoms. The summed E-state index contributed by atoms with van der Waals surface area (Å²) in [5.41, 5.74) is 4.94. The van der Waals surface area contributed by atoms with E-state index in [9.17, 15) is 9.18 Å². The molecule has 3 aromatic rings. The smallest absolute Gasteiger partial charge is 0.414 e. The highest BCUT2D eigenvalue weighted by Gasteiger charge is 2.27. The molecular formula is C27H33FN4O5S. The second-order valence-corrected chi connectivity index (χ2v) is 10.9. The summed E-state index contributed by atoms with van der Waals surface area (Å²) in [7, 11) is 0. The molecule has 0 unspecified atom stereocenters. The number of H-pyrrole nitrogens is 1. The average molecular weight is 545 g/mol. The lowest BCUT2D eigenvalue weighted by atomic mass is 9.91. The van der Waals surface area contributed by atoms with Gasteiger partial charge in [-0.2, -0.15) is 5.10 Å². The maximum atomic E-state index is 13.5. The monoisotopic (exact) mass is 544 g/mol. The van der Waals surface area contributed by atoms with E-state index in [1.165, 1.54) is 27.5 Å². The molecule has 2 aromatic heterocycles. The molecule has 0 spiro atoms. The number of likely N-dealkylation sites (tertiary alicyclic amines) is 1. The summed E-state index contributed by atoms with van der Waals surface area (Å²) in [6.45, 7) is 8.81. The number of carboxylic acid groups (broad SMARTS) is 2. The van der Waals surface area contributed by atoms with Crippen LogP contribution in [0.25, 0.3) is 10.9 Å². The second-order valence-electron chi connectivity index (χ2n) is 9.72. The van der Waals surface area contributed by atoms with Gasteiger partial charge in [0, 0.05) is 41.1 Å². The number of rotatable bonds is 5. The predicted octanol–water partition coefficient (Wildman–Crippen LogP) is 3.81. The molecule has 38 heavy (non-hydrogen) atoms. The number of aromatic amines is 1. The Morgan fingerprint density at radius 2 is 1.87 bits per heavy atom. The molecule has 1 amide bonds. The lowest BCUT2D eigenvalue weighted by Crippen LogP contribution is -2.34. The summed E-state index contributed by atoms with van der Waals surface area (Å²) in [4.78, 5) is 37.5. The van der Waals surface area contributed by atoms with E-state index in [2.05, 4.69) is 22.0 Å². The lowest BCUT2D eigenvalue weighted by Gasteiger charge is -2.31. The van der Waals surface area contributed by atoms with Crippen LogP contribution in [-0.4, -0.2) is 74.2 Å². The molecule has 0 radical (unpaired) electrons. The molecule has 1 aromatic carbocycles. The van der Waals surface area contributed by atoms with Crippen LogP contribution < -0.4 is 0 Å². The Morgan fingerprint density at radius 3 is 2.50 bits per heavy atom. The van der Waals surface area contributed by atoms with Crippen LogP contribution in [0.5, 0.6) is 0 Å². The fraction of sp³-hybridized carbons (Fsp3) is 0.481. The minimum atomic E-state index is -1.82. The largest absolute Gasteiger partial charge is 0.473 e. The number of amides is 1. The van der Waals surface area contributed by atoms with Crippen molar-refractivity contribution in [2.75, 3.05) is 26.2 Å². The number of nitrogens with one attached hydrogen (secondary N) is 1. The molecule has 2 aliphatic rings. The third-order valence-electron chi connectivity index (χ3n) is 7.42. The number of thiophene rings is 1. The van der Waals surface area contributed by atoms with Gasteiger partial charge in [-0.3, -0.25) is 9.89 Å². The van der Waals surface area contributed by atoms with Gasteiger partial charge in [-0.25, -0.2) is 14.0 Å². The van der Waals surface area contributed by atoms with Gasteiger partial charge in [0.25, 0.3) is 0 Å². The second kappa shape index (κ2) is 12.0. The van der Waals surface area contributed by atoms with Crippen LogP contribution in [0, 0.1) is 5.82 Å². The quantitative estimate of drug-likeness (QED) is 0.417. The normalized spacial score (nSPS) is 16.1. The summed E-state index contributed by atoms with van der Waals surface area (Å²) in [6.07, 6.45) is 5.35. The first-order chi connectivity index (χ1) is 18.2. The minimum absolute atomic E-state index is 0.182. The van der Waals surface area contributed by atoms with Crippen molar-refractivity contribution in [2.24, 2.45) is 0 Å². The van der Waals surface area contributed by atoms with Crippen LogP contribution in [0.4, 0.5) is 4.39 Å². The van der Waals surface area contributed by atoms with Gasteiger partial charge in [-0.15, -0.1) is 11.3 Å². The van der Waals surface area contributed by atoms with Gasteiger partial charge in [0.1, 0.15) is 5.82 Å². The highest BCUT2D eigenvalue weighted by atomic mass is 32.1.